The van der Waals surface area contributed by atoms with Crippen LogP contribution in [0, 0.1) is 5.92 Å². The molecular formula is C23H19ClN2O2S. The van der Waals surface area contributed by atoms with Gasteiger partial charge in [0.15, 0.2) is 5.78 Å². The molecule has 0 bridgehead atoms. The minimum Gasteiger partial charge on any atom is -0.324 e. The van der Waals surface area contributed by atoms with Crippen LogP contribution in [0.4, 0.5) is 5.69 Å². The summed E-state index contributed by atoms with van der Waals surface area (Å²) in [4.78, 5) is 30.0. The third-order valence-corrected chi connectivity index (χ3v) is 7.34. The number of para-hydroxylation sites is 1. The lowest BCUT2D eigenvalue weighted by molar-refractivity contribution is -0.126. The van der Waals surface area contributed by atoms with E-state index in [0.717, 1.165) is 16.8 Å². The molecule has 3 atom stereocenters. The Balaban J connectivity index is 1.73. The van der Waals surface area contributed by atoms with Crippen LogP contribution in [0.3, 0.4) is 0 Å². The van der Waals surface area contributed by atoms with E-state index >= 15 is 0 Å². The average molecular weight is 423 g/mol. The number of halogens is 1. The number of ketones is 1. The lowest BCUT2D eigenvalue weighted by Gasteiger charge is -2.35. The van der Waals surface area contributed by atoms with Crippen LogP contribution >= 0.6 is 22.9 Å². The first kappa shape index (κ1) is 18.6. The van der Waals surface area contributed by atoms with Crippen LogP contribution in [-0.2, 0) is 10.3 Å². The molecule has 3 heterocycles. The minimum absolute atomic E-state index is 0.0103. The number of likely N-dealkylation sites (tertiary alicyclic amines) is 1. The summed E-state index contributed by atoms with van der Waals surface area (Å²) in [6.45, 7) is 0.602. The van der Waals surface area contributed by atoms with Gasteiger partial charge in [0, 0.05) is 28.7 Å². The van der Waals surface area contributed by atoms with Crippen LogP contribution in [-0.4, -0.2) is 30.2 Å². The zero-order valence-electron chi connectivity index (χ0n) is 15.8. The van der Waals surface area contributed by atoms with E-state index in [4.69, 9.17) is 11.6 Å². The van der Waals surface area contributed by atoms with Gasteiger partial charge in [-0.25, -0.2) is 0 Å². The Bertz CT molecular complexity index is 1100. The van der Waals surface area contributed by atoms with Crippen LogP contribution in [0.5, 0.6) is 0 Å². The molecule has 0 unspecified atom stereocenters. The fourth-order valence-corrected chi connectivity index (χ4v) is 5.81. The van der Waals surface area contributed by atoms with E-state index in [2.05, 4.69) is 5.32 Å². The molecule has 1 saturated heterocycles. The molecule has 2 aliphatic rings. The standard InChI is InChI=1S/C23H19ClN2O2S/c1-26-13-16(14-8-10-15(24)11-9-14)20(21(27)19-7-4-12-29-19)23(26)17-5-2-3-6-18(17)25-22(23)28/h2-12,16,20H,13H2,1H3,(H,25,28)/t16-,20+,23-/m0/s1. The number of likely N-dealkylation sites (N-methyl/N-ethyl adjacent to an activating group) is 1. The van der Waals surface area contributed by atoms with Crippen molar-refractivity contribution in [2.24, 2.45) is 5.92 Å². The van der Waals surface area contributed by atoms with Crippen molar-refractivity contribution in [2.45, 2.75) is 11.5 Å². The fraction of sp³-hybridized carbons (Fsp3) is 0.217. The van der Waals surface area contributed by atoms with Gasteiger partial charge in [0.25, 0.3) is 0 Å². The average Bonchev–Trinajstić information content (AvgIpc) is 3.42. The van der Waals surface area contributed by atoms with Crippen molar-refractivity contribution < 1.29 is 9.59 Å². The molecule has 0 saturated carbocycles. The molecule has 6 heteroatoms. The van der Waals surface area contributed by atoms with Gasteiger partial charge >= 0.3 is 0 Å². The van der Waals surface area contributed by atoms with E-state index < -0.39 is 11.5 Å². The normalized spacial score (nSPS) is 25.9. The molecule has 1 fully saturated rings. The zero-order valence-corrected chi connectivity index (χ0v) is 17.3. The molecule has 1 spiro atoms. The molecule has 5 rings (SSSR count). The van der Waals surface area contributed by atoms with Gasteiger partial charge in [-0.15, -0.1) is 11.3 Å². The van der Waals surface area contributed by atoms with Crippen molar-refractivity contribution in [3.05, 3.63) is 87.1 Å². The van der Waals surface area contributed by atoms with Gasteiger partial charge in [0.1, 0.15) is 5.54 Å². The molecule has 4 nitrogen and oxygen atoms in total. The molecule has 2 aliphatic heterocycles. The summed E-state index contributed by atoms with van der Waals surface area (Å²) in [5.41, 5.74) is 1.65. The van der Waals surface area contributed by atoms with Gasteiger partial charge in [0.2, 0.25) is 5.91 Å². The summed E-state index contributed by atoms with van der Waals surface area (Å²) in [6, 6.07) is 19.0. The first-order valence-corrected chi connectivity index (χ1v) is 10.7. The van der Waals surface area contributed by atoms with E-state index in [9.17, 15) is 9.59 Å². The predicted molar refractivity (Wildman–Crippen MR) is 116 cm³/mol. The second-order valence-corrected chi connectivity index (χ2v) is 9.01. The fourth-order valence-electron chi connectivity index (χ4n) is 4.98. The topological polar surface area (TPSA) is 49.4 Å². The van der Waals surface area contributed by atoms with Crippen molar-refractivity contribution in [3.8, 4) is 0 Å². The number of nitrogens with one attached hydrogen (secondary N) is 1. The highest BCUT2D eigenvalue weighted by atomic mass is 35.5. The molecule has 3 aromatic rings. The van der Waals surface area contributed by atoms with Gasteiger partial charge in [-0.1, -0.05) is 48.0 Å². The molecule has 146 valence electrons. The van der Waals surface area contributed by atoms with Crippen LogP contribution in [0.1, 0.15) is 26.7 Å². The summed E-state index contributed by atoms with van der Waals surface area (Å²) < 4.78 is 0. The number of fused-ring (bicyclic) bond motifs is 2. The molecule has 2 aromatic carbocycles. The Morgan fingerprint density at radius 2 is 1.90 bits per heavy atom. The van der Waals surface area contributed by atoms with Crippen molar-refractivity contribution in [1.82, 2.24) is 4.90 Å². The van der Waals surface area contributed by atoms with Gasteiger partial charge in [-0.3, -0.25) is 14.5 Å². The highest BCUT2D eigenvalue weighted by Crippen LogP contribution is 2.55. The third kappa shape index (κ3) is 2.61. The first-order chi connectivity index (χ1) is 14.0. The number of rotatable bonds is 3. The van der Waals surface area contributed by atoms with Gasteiger partial charge < -0.3 is 5.32 Å². The summed E-state index contributed by atoms with van der Waals surface area (Å²) in [5, 5.41) is 5.58. The maximum atomic E-state index is 13.8. The van der Waals surface area contributed by atoms with Crippen molar-refractivity contribution in [1.29, 1.82) is 0 Å². The van der Waals surface area contributed by atoms with Crippen LogP contribution < -0.4 is 5.32 Å². The maximum absolute atomic E-state index is 13.8. The maximum Gasteiger partial charge on any atom is 0.250 e. The van der Waals surface area contributed by atoms with Crippen LogP contribution in [0.2, 0.25) is 5.02 Å². The van der Waals surface area contributed by atoms with Gasteiger partial charge in [-0.2, -0.15) is 0 Å². The highest BCUT2D eigenvalue weighted by molar-refractivity contribution is 7.12. The number of thiophene rings is 1. The second kappa shape index (κ2) is 6.80. The monoisotopic (exact) mass is 422 g/mol. The summed E-state index contributed by atoms with van der Waals surface area (Å²) in [7, 11) is 1.94. The highest BCUT2D eigenvalue weighted by Gasteiger charge is 2.64. The van der Waals surface area contributed by atoms with E-state index in [-0.39, 0.29) is 17.6 Å². The van der Waals surface area contributed by atoms with Gasteiger partial charge in [0.05, 0.1) is 10.8 Å². The summed E-state index contributed by atoms with van der Waals surface area (Å²) in [5.74, 6) is -0.775. The number of carbonyl (C=O) groups excluding carboxylic acids is 2. The second-order valence-electron chi connectivity index (χ2n) is 7.62. The molecular weight excluding hydrogens is 404 g/mol. The number of Topliss-reactive ketones (excluding diaryl/α,β-unsaturated/α-hetero) is 1. The molecule has 29 heavy (non-hydrogen) atoms. The molecule has 1 aromatic heterocycles. The third-order valence-electron chi connectivity index (χ3n) is 6.20. The molecule has 0 aliphatic carbocycles. The van der Waals surface area contributed by atoms with Crippen LogP contribution in [0.15, 0.2) is 66.0 Å². The Morgan fingerprint density at radius 1 is 1.14 bits per heavy atom. The van der Waals surface area contributed by atoms with Gasteiger partial charge in [-0.05, 0) is 42.3 Å². The predicted octanol–water partition coefficient (Wildman–Crippen LogP) is 4.78. The van der Waals surface area contributed by atoms with E-state index in [1.807, 2.05) is 78.0 Å². The van der Waals surface area contributed by atoms with E-state index in [1.54, 1.807) is 0 Å². The number of hydrogen-bond donors (Lipinski definition) is 1. The number of anilines is 1. The SMILES string of the molecule is CN1C[C@@H](c2ccc(Cl)cc2)[C@H](C(=O)c2cccs2)[C@@]12C(=O)Nc1ccccc12. The summed E-state index contributed by atoms with van der Waals surface area (Å²) >= 11 is 7.52. The van der Waals surface area contributed by atoms with E-state index in [1.165, 1.54) is 11.3 Å². The Kier molecular flexibility index (Phi) is 4.35. The Labute approximate surface area is 178 Å². The zero-order chi connectivity index (χ0) is 20.2. The largest absolute Gasteiger partial charge is 0.324 e. The molecule has 0 radical (unpaired) electrons. The van der Waals surface area contributed by atoms with E-state index in [0.29, 0.717) is 16.4 Å². The smallest absolute Gasteiger partial charge is 0.250 e. The van der Waals surface area contributed by atoms with Crippen molar-refractivity contribution in [3.63, 3.8) is 0 Å². The minimum atomic E-state index is -1.03. The van der Waals surface area contributed by atoms with Crippen molar-refractivity contribution in [2.75, 3.05) is 18.9 Å². The lowest BCUT2D eigenvalue weighted by atomic mass is 9.71. The lowest BCUT2D eigenvalue weighted by Crippen LogP contribution is -2.51. The first-order valence-electron chi connectivity index (χ1n) is 9.49. The van der Waals surface area contributed by atoms with Crippen LogP contribution in [0.25, 0.3) is 0 Å². The number of benzene rings is 2. The molecule has 1 amide bonds. The number of nitrogens with zero attached hydrogens (tertiary/aromatic N) is 1. The number of hydrogen-bond acceptors (Lipinski definition) is 4. The van der Waals surface area contributed by atoms with Crippen molar-refractivity contribution >= 4 is 40.3 Å². The summed E-state index contributed by atoms with van der Waals surface area (Å²) in [6.07, 6.45) is 0. The Hall–Kier alpha value is -2.47. The quantitative estimate of drug-likeness (QED) is 0.618. The number of amides is 1. The number of carbonyl (C=O) groups is 2. The molecule has 1 N–H and O–H groups in total. The Morgan fingerprint density at radius 3 is 2.62 bits per heavy atom.